The molecule has 1 heterocycles. The van der Waals surface area contributed by atoms with Gasteiger partial charge in [0.2, 0.25) is 0 Å². The van der Waals surface area contributed by atoms with Gasteiger partial charge in [0.15, 0.2) is 0 Å². The highest BCUT2D eigenvalue weighted by Gasteiger charge is 2.07. The molecule has 1 aromatic heterocycles. The van der Waals surface area contributed by atoms with E-state index in [9.17, 15) is 0 Å². The Kier molecular flexibility index (Phi) is 4.66. The molecule has 0 saturated heterocycles. The van der Waals surface area contributed by atoms with Crippen molar-refractivity contribution in [3.05, 3.63) is 36.0 Å². The normalized spacial score (nSPS) is 10.8. The summed E-state index contributed by atoms with van der Waals surface area (Å²) in [4.78, 5) is 0. The van der Waals surface area contributed by atoms with Crippen LogP contribution in [0.2, 0.25) is 0 Å². The van der Waals surface area contributed by atoms with E-state index in [0.717, 1.165) is 29.5 Å². The average molecular weight is 273 g/mol. The summed E-state index contributed by atoms with van der Waals surface area (Å²) in [6.45, 7) is 9.98. The molecule has 0 spiro atoms. The standard InChI is InChI=1S/C16H23N3O/c1-5-20-15-8-6-14(7-9-15)17-16-10-13(4)18-19(16)11-12(2)3/h6-10,12,17H,5,11H2,1-4H3. The van der Waals surface area contributed by atoms with Gasteiger partial charge in [-0.3, -0.25) is 0 Å². The van der Waals surface area contributed by atoms with Crippen molar-refractivity contribution in [2.75, 3.05) is 11.9 Å². The van der Waals surface area contributed by atoms with Gasteiger partial charge < -0.3 is 10.1 Å². The number of ether oxygens (including phenoxy) is 1. The Hall–Kier alpha value is -1.97. The summed E-state index contributed by atoms with van der Waals surface area (Å²) in [5.74, 6) is 2.49. The Bertz CT molecular complexity index is 543. The van der Waals surface area contributed by atoms with E-state index in [1.807, 2.05) is 42.8 Å². The minimum absolute atomic E-state index is 0.565. The lowest BCUT2D eigenvalue weighted by atomic mass is 10.2. The van der Waals surface area contributed by atoms with Gasteiger partial charge in [-0.2, -0.15) is 5.10 Å². The molecule has 0 aliphatic carbocycles. The lowest BCUT2D eigenvalue weighted by Crippen LogP contribution is -2.09. The summed E-state index contributed by atoms with van der Waals surface area (Å²) in [5, 5.41) is 7.94. The summed E-state index contributed by atoms with van der Waals surface area (Å²) in [5.41, 5.74) is 2.07. The minimum atomic E-state index is 0.565. The third-order valence-corrected chi connectivity index (χ3v) is 2.88. The Labute approximate surface area is 120 Å². The van der Waals surface area contributed by atoms with Crippen molar-refractivity contribution in [1.82, 2.24) is 9.78 Å². The molecule has 2 aromatic rings. The topological polar surface area (TPSA) is 39.1 Å². The second kappa shape index (κ2) is 6.46. The quantitative estimate of drug-likeness (QED) is 0.865. The van der Waals surface area contributed by atoms with E-state index in [1.54, 1.807) is 0 Å². The first kappa shape index (κ1) is 14.4. The van der Waals surface area contributed by atoms with Crippen LogP contribution in [0.15, 0.2) is 30.3 Å². The van der Waals surface area contributed by atoms with Crippen LogP contribution in [0.1, 0.15) is 26.5 Å². The lowest BCUT2D eigenvalue weighted by Gasteiger charge is -2.12. The first-order valence-corrected chi connectivity index (χ1v) is 7.13. The van der Waals surface area contributed by atoms with Gasteiger partial charge in [0.1, 0.15) is 11.6 Å². The van der Waals surface area contributed by atoms with Gasteiger partial charge in [0.05, 0.1) is 12.3 Å². The number of aryl methyl sites for hydroxylation is 1. The van der Waals surface area contributed by atoms with Crippen LogP contribution in [0.25, 0.3) is 0 Å². The third kappa shape index (κ3) is 3.76. The molecule has 1 N–H and O–H groups in total. The number of anilines is 2. The van der Waals surface area contributed by atoms with E-state index in [2.05, 4.69) is 30.3 Å². The molecular weight excluding hydrogens is 250 g/mol. The van der Waals surface area contributed by atoms with E-state index < -0.39 is 0 Å². The van der Waals surface area contributed by atoms with Gasteiger partial charge in [-0.05, 0) is 44.0 Å². The first-order valence-electron chi connectivity index (χ1n) is 7.13. The van der Waals surface area contributed by atoms with E-state index in [-0.39, 0.29) is 0 Å². The smallest absolute Gasteiger partial charge is 0.128 e. The number of aromatic nitrogens is 2. The number of rotatable bonds is 6. The van der Waals surface area contributed by atoms with Crippen molar-refractivity contribution in [1.29, 1.82) is 0 Å². The SMILES string of the molecule is CCOc1ccc(Nc2cc(C)nn2CC(C)C)cc1. The zero-order chi connectivity index (χ0) is 14.5. The molecule has 1 aromatic carbocycles. The van der Waals surface area contributed by atoms with E-state index in [4.69, 9.17) is 4.74 Å². The summed E-state index contributed by atoms with van der Waals surface area (Å²) in [7, 11) is 0. The zero-order valence-corrected chi connectivity index (χ0v) is 12.7. The van der Waals surface area contributed by atoms with E-state index >= 15 is 0 Å². The van der Waals surface area contributed by atoms with Crippen LogP contribution in [-0.2, 0) is 6.54 Å². The summed E-state index contributed by atoms with van der Waals surface area (Å²) in [6, 6.07) is 10.1. The summed E-state index contributed by atoms with van der Waals surface area (Å²) >= 11 is 0. The fourth-order valence-electron chi connectivity index (χ4n) is 2.08. The Balaban J connectivity index is 2.12. The molecule has 0 bridgehead atoms. The Morgan fingerprint density at radius 1 is 1.25 bits per heavy atom. The zero-order valence-electron chi connectivity index (χ0n) is 12.7. The highest BCUT2D eigenvalue weighted by molar-refractivity contribution is 5.57. The molecule has 0 aliphatic heterocycles. The monoisotopic (exact) mass is 273 g/mol. The van der Waals surface area contributed by atoms with E-state index in [1.165, 1.54) is 0 Å². The van der Waals surface area contributed by atoms with Crippen LogP contribution in [0.5, 0.6) is 5.75 Å². The molecule has 4 heteroatoms. The number of hydrogen-bond acceptors (Lipinski definition) is 3. The molecule has 4 nitrogen and oxygen atoms in total. The van der Waals surface area contributed by atoms with Crippen molar-refractivity contribution in [3.63, 3.8) is 0 Å². The van der Waals surface area contributed by atoms with Gasteiger partial charge in [0, 0.05) is 18.3 Å². The molecule has 0 radical (unpaired) electrons. The molecule has 0 unspecified atom stereocenters. The molecule has 0 atom stereocenters. The molecule has 0 aliphatic rings. The highest BCUT2D eigenvalue weighted by atomic mass is 16.5. The maximum absolute atomic E-state index is 5.45. The number of nitrogens with zero attached hydrogens (tertiary/aromatic N) is 2. The molecule has 0 fully saturated rings. The predicted octanol–water partition coefficient (Wildman–Crippen LogP) is 3.99. The maximum atomic E-state index is 5.45. The van der Waals surface area contributed by atoms with Crippen LogP contribution >= 0.6 is 0 Å². The van der Waals surface area contributed by atoms with Crippen LogP contribution < -0.4 is 10.1 Å². The van der Waals surface area contributed by atoms with Gasteiger partial charge in [-0.25, -0.2) is 4.68 Å². The van der Waals surface area contributed by atoms with Crippen molar-refractivity contribution >= 4 is 11.5 Å². The molecule has 0 saturated carbocycles. The lowest BCUT2D eigenvalue weighted by molar-refractivity contribution is 0.340. The Morgan fingerprint density at radius 3 is 2.55 bits per heavy atom. The van der Waals surface area contributed by atoms with Crippen molar-refractivity contribution in [3.8, 4) is 5.75 Å². The first-order chi connectivity index (χ1) is 9.58. The van der Waals surface area contributed by atoms with Crippen molar-refractivity contribution < 1.29 is 4.74 Å². The average Bonchev–Trinajstić information content (AvgIpc) is 2.71. The molecular formula is C16H23N3O. The summed E-state index contributed by atoms with van der Waals surface area (Å²) < 4.78 is 7.47. The van der Waals surface area contributed by atoms with Gasteiger partial charge in [-0.1, -0.05) is 13.8 Å². The van der Waals surface area contributed by atoms with Gasteiger partial charge in [-0.15, -0.1) is 0 Å². The fraction of sp³-hybridized carbons (Fsp3) is 0.438. The molecule has 2 rings (SSSR count). The maximum Gasteiger partial charge on any atom is 0.128 e. The van der Waals surface area contributed by atoms with Crippen LogP contribution in [0, 0.1) is 12.8 Å². The molecule has 0 amide bonds. The Morgan fingerprint density at radius 2 is 1.95 bits per heavy atom. The highest BCUT2D eigenvalue weighted by Crippen LogP contribution is 2.21. The van der Waals surface area contributed by atoms with Crippen LogP contribution in [-0.4, -0.2) is 16.4 Å². The summed E-state index contributed by atoms with van der Waals surface area (Å²) in [6.07, 6.45) is 0. The molecule has 108 valence electrons. The predicted molar refractivity (Wildman–Crippen MR) is 82.7 cm³/mol. The molecule has 20 heavy (non-hydrogen) atoms. The van der Waals surface area contributed by atoms with Crippen LogP contribution in [0.4, 0.5) is 11.5 Å². The third-order valence-electron chi connectivity index (χ3n) is 2.88. The number of benzene rings is 1. The van der Waals surface area contributed by atoms with E-state index in [0.29, 0.717) is 12.5 Å². The van der Waals surface area contributed by atoms with Crippen molar-refractivity contribution in [2.24, 2.45) is 5.92 Å². The second-order valence-corrected chi connectivity index (χ2v) is 5.33. The second-order valence-electron chi connectivity index (χ2n) is 5.33. The fourth-order valence-corrected chi connectivity index (χ4v) is 2.08. The minimum Gasteiger partial charge on any atom is -0.494 e. The largest absolute Gasteiger partial charge is 0.494 e. The van der Waals surface area contributed by atoms with Gasteiger partial charge >= 0.3 is 0 Å². The number of hydrogen-bond donors (Lipinski definition) is 1. The van der Waals surface area contributed by atoms with Crippen molar-refractivity contribution in [2.45, 2.75) is 34.2 Å². The number of nitrogens with one attached hydrogen (secondary N) is 1. The van der Waals surface area contributed by atoms with Gasteiger partial charge in [0.25, 0.3) is 0 Å². The van der Waals surface area contributed by atoms with Crippen LogP contribution in [0.3, 0.4) is 0 Å².